The fraction of sp³-hybridized carbons (Fsp3) is 0.643. The van der Waals surface area contributed by atoms with Crippen LogP contribution >= 0.6 is 0 Å². The SMILES string of the molecule is Cc1ccnc(N(C)C2CCN(C)CC2)c1CN. The number of anilines is 1. The van der Waals surface area contributed by atoms with Gasteiger partial charge in [-0.25, -0.2) is 4.98 Å². The van der Waals surface area contributed by atoms with Crippen LogP contribution in [0.5, 0.6) is 0 Å². The molecule has 1 saturated heterocycles. The molecular formula is C14H24N4. The van der Waals surface area contributed by atoms with E-state index in [1.165, 1.54) is 37.1 Å². The van der Waals surface area contributed by atoms with Gasteiger partial charge in [0.25, 0.3) is 0 Å². The Morgan fingerprint density at radius 2 is 2.11 bits per heavy atom. The van der Waals surface area contributed by atoms with E-state index in [1.807, 2.05) is 12.3 Å². The first-order valence-corrected chi connectivity index (χ1v) is 6.69. The summed E-state index contributed by atoms with van der Waals surface area (Å²) in [6.07, 6.45) is 4.29. The number of hydrogen-bond donors (Lipinski definition) is 1. The Morgan fingerprint density at radius 1 is 1.44 bits per heavy atom. The van der Waals surface area contributed by atoms with Gasteiger partial charge in [0, 0.05) is 31.4 Å². The van der Waals surface area contributed by atoms with Crippen LogP contribution in [-0.2, 0) is 6.54 Å². The van der Waals surface area contributed by atoms with E-state index in [4.69, 9.17) is 5.73 Å². The number of piperidine rings is 1. The van der Waals surface area contributed by atoms with E-state index in [1.54, 1.807) is 0 Å². The fourth-order valence-corrected chi connectivity index (χ4v) is 2.69. The molecule has 1 aromatic rings. The Kier molecular flexibility index (Phi) is 4.19. The molecule has 4 heteroatoms. The normalized spacial score (nSPS) is 18.0. The van der Waals surface area contributed by atoms with Crippen LogP contribution in [0, 0.1) is 6.92 Å². The van der Waals surface area contributed by atoms with Crippen molar-refractivity contribution in [1.29, 1.82) is 0 Å². The molecule has 0 bridgehead atoms. The monoisotopic (exact) mass is 248 g/mol. The van der Waals surface area contributed by atoms with Crippen LogP contribution in [0.2, 0.25) is 0 Å². The summed E-state index contributed by atoms with van der Waals surface area (Å²) < 4.78 is 0. The van der Waals surface area contributed by atoms with E-state index in [2.05, 4.69) is 35.8 Å². The molecule has 4 nitrogen and oxygen atoms in total. The molecule has 0 atom stereocenters. The zero-order valence-electron chi connectivity index (χ0n) is 11.7. The average molecular weight is 248 g/mol. The number of pyridine rings is 1. The summed E-state index contributed by atoms with van der Waals surface area (Å²) >= 11 is 0. The smallest absolute Gasteiger partial charge is 0.133 e. The molecule has 1 aliphatic heterocycles. The minimum absolute atomic E-state index is 0.561. The van der Waals surface area contributed by atoms with Crippen LogP contribution in [-0.4, -0.2) is 43.1 Å². The molecule has 0 saturated carbocycles. The molecule has 0 spiro atoms. The first kappa shape index (κ1) is 13.3. The van der Waals surface area contributed by atoms with E-state index in [0.29, 0.717) is 12.6 Å². The molecule has 2 N–H and O–H groups in total. The summed E-state index contributed by atoms with van der Waals surface area (Å²) in [7, 11) is 4.34. The maximum Gasteiger partial charge on any atom is 0.133 e. The Morgan fingerprint density at radius 3 is 2.72 bits per heavy atom. The minimum atomic E-state index is 0.561. The third kappa shape index (κ3) is 2.65. The lowest BCUT2D eigenvalue weighted by Crippen LogP contribution is -2.42. The second-order valence-electron chi connectivity index (χ2n) is 5.28. The number of likely N-dealkylation sites (tertiary alicyclic amines) is 1. The maximum atomic E-state index is 5.87. The number of nitrogens with zero attached hydrogens (tertiary/aromatic N) is 3. The van der Waals surface area contributed by atoms with Crippen molar-refractivity contribution in [1.82, 2.24) is 9.88 Å². The molecule has 0 radical (unpaired) electrons. The largest absolute Gasteiger partial charge is 0.356 e. The third-order valence-electron chi connectivity index (χ3n) is 4.04. The number of nitrogens with two attached hydrogens (primary N) is 1. The molecule has 100 valence electrons. The van der Waals surface area contributed by atoms with Gasteiger partial charge in [-0.1, -0.05) is 0 Å². The lowest BCUT2D eigenvalue weighted by molar-refractivity contribution is 0.252. The molecule has 0 amide bonds. The molecule has 0 unspecified atom stereocenters. The van der Waals surface area contributed by atoms with Gasteiger partial charge in [-0.15, -0.1) is 0 Å². The number of rotatable bonds is 3. The van der Waals surface area contributed by atoms with Crippen molar-refractivity contribution in [2.24, 2.45) is 5.73 Å². The second-order valence-corrected chi connectivity index (χ2v) is 5.28. The van der Waals surface area contributed by atoms with Gasteiger partial charge in [-0.2, -0.15) is 0 Å². The van der Waals surface area contributed by atoms with Gasteiger partial charge in [0.05, 0.1) is 0 Å². The van der Waals surface area contributed by atoms with Crippen LogP contribution in [0.1, 0.15) is 24.0 Å². The molecule has 1 aliphatic rings. The summed E-state index contributed by atoms with van der Waals surface area (Å²) in [5.41, 5.74) is 8.28. The summed E-state index contributed by atoms with van der Waals surface area (Å²) in [6.45, 7) is 5.00. The summed E-state index contributed by atoms with van der Waals surface area (Å²) in [5.74, 6) is 1.06. The van der Waals surface area contributed by atoms with Gasteiger partial charge < -0.3 is 15.5 Å². The van der Waals surface area contributed by atoms with Gasteiger partial charge in [-0.3, -0.25) is 0 Å². The predicted octanol–water partition coefficient (Wildman–Crippen LogP) is 1.38. The second kappa shape index (κ2) is 5.67. The minimum Gasteiger partial charge on any atom is -0.356 e. The van der Waals surface area contributed by atoms with E-state index in [9.17, 15) is 0 Å². The Hall–Kier alpha value is -1.13. The van der Waals surface area contributed by atoms with Crippen molar-refractivity contribution >= 4 is 5.82 Å². The zero-order valence-corrected chi connectivity index (χ0v) is 11.7. The van der Waals surface area contributed by atoms with Crippen molar-refractivity contribution in [3.8, 4) is 0 Å². The fourth-order valence-electron chi connectivity index (χ4n) is 2.69. The Balaban J connectivity index is 2.18. The van der Waals surface area contributed by atoms with E-state index in [-0.39, 0.29) is 0 Å². The zero-order chi connectivity index (χ0) is 13.1. The average Bonchev–Trinajstić information content (AvgIpc) is 2.38. The summed E-state index contributed by atoms with van der Waals surface area (Å²) in [4.78, 5) is 9.25. The van der Waals surface area contributed by atoms with Gasteiger partial charge in [0.2, 0.25) is 0 Å². The quantitative estimate of drug-likeness (QED) is 0.878. The molecule has 2 rings (SSSR count). The lowest BCUT2D eigenvalue weighted by atomic mass is 10.0. The first-order chi connectivity index (χ1) is 8.63. The standard InChI is InChI=1S/C14H24N4/c1-11-4-7-16-14(13(11)10-15)18(3)12-5-8-17(2)9-6-12/h4,7,12H,5-6,8-10,15H2,1-3H3. The van der Waals surface area contributed by atoms with Gasteiger partial charge >= 0.3 is 0 Å². The van der Waals surface area contributed by atoms with E-state index < -0.39 is 0 Å². The molecule has 18 heavy (non-hydrogen) atoms. The van der Waals surface area contributed by atoms with Crippen molar-refractivity contribution in [2.45, 2.75) is 32.4 Å². The van der Waals surface area contributed by atoms with Crippen LogP contribution in [0.25, 0.3) is 0 Å². The number of hydrogen-bond acceptors (Lipinski definition) is 4. The van der Waals surface area contributed by atoms with Crippen LogP contribution in [0.4, 0.5) is 5.82 Å². The van der Waals surface area contributed by atoms with Crippen molar-refractivity contribution < 1.29 is 0 Å². The van der Waals surface area contributed by atoms with E-state index >= 15 is 0 Å². The highest BCUT2D eigenvalue weighted by Gasteiger charge is 2.23. The highest BCUT2D eigenvalue weighted by Crippen LogP contribution is 2.24. The molecule has 1 aromatic heterocycles. The van der Waals surface area contributed by atoms with Crippen LogP contribution < -0.4 is 10.6 Å². The summed E-state index contributed by atoms with van der Waals surface area (Å²) in [6, 6.07) is 2.62. The topological polar surface area (TPSA) is 45.4 Å². The number of aryl methyl sites for hydroxylation is 1. The van der Waals surface area contributed by atoms with Crippen molar-refractivity contribution in [2.75, 3.05) is 32.1 Å². The van der Waals surface area contributed by atoms with Gasteiger partial charge in [0.15, 0.2) is 0 Å². The van der Waals surface area contributed by atoms with Crippen molar-refractivity contribution in [3.05, 3.63) is 23.4 Å². The highest BCUT2D eigenvalue weighted by atomic mass is 15.2. The highest BCUT2D eigenvalue weighted by molar-refractivity contribution is 5.50. The summed E-state index contributed by atoms with van der Waals surface area (Å²) in [5, 5.41) is 0. The first-order valence-electron chi connectivity index (χ1n) is 6.69. The molecular weight excluding hydrogens is 224 g/mol. The Bertz CT molecular complexity index is 397. The van der Waals surface area contributed by atoms with Gasteiger partial charge in [0.1, 0.15) is 5.82 Å². The van der Waals surface area contributed by atoms with Crippen LogP contribution in [0.3, 0.4) is 0 Å². The van der Waals surface area contributed by atoms with Crippen molar-refractivity contribution in [3.63, 3.8) is 0 Å². The van der Waals surface area contributed by atoms with Gasteiger partial charge in [-0.05, 0) is 51.5 Å². The maximum absolute atomic E-state index is 5.87. The third-order valence-corrected chi connectivity index (χ3v) is 4.04. The van der Waals surface area contributed by atoms with Crippen LogP contribution in [0.15, 0.2) is 12.3 Å². The van der Waals surface area contributed by atoms with E-state index in [0.717, 1.165) is 5.82 Å². The molecule has 0 aliphatic carbocycles. The molecule has 1 fully saturated rings. The molecule has 0 aromatic carbocycles. The lowest BCUT2D eigenvalue weighted by Gasteiger charge is -2.36. The Labute approximate surface area is 110 Å². The molecule has 2 heterocycles. The number of aromatic nitrogens is 1. The predicted molar refractivity (Wildman–Crippen MR) is 75.8 cm³/mol.